The van der Waals surface area contributed by atoms with Crippen molar-refractivity contribution in [1.82, 2.24) is 19.7 Å². The summed E-state index contributed by atoms with van der Waals surface area (Å²) in [6.07, 6.45) is 4.86. The maximum Gasteiger partial charge on any atom is 0.257 e. The number of fused-ring (bicyclic) bond motifs is 1. The molecule has 1 amide bonds. The molecule has 9 heteroatoms. The van der Waals surface area contributed by atoms with Crippen molar-refractivity contribution in [3.8, 4) is 0 Å². The number of rotatable bonds is 3. The maximum absolute atomic E-state index is 14.1. The van der Waals surface area contributed by atoms with Crippen molar-refractivity contribution < 1.29 is 9.18 Å². The second-order valence-corrected chi connectivity index (χ2v) is 6.29. The first-order valence-corrected chi connectivity index (χ1v) is 8.48. The summed E-state index contributed by atoms with van der Waals surface area (Å²) in [6.45, 7) is 5.45. The van der Waals surface area contributed by atoms with Crippen molar-refractivity contribution in [1.29, 1.82) is 0 Å². The van der Waals surface area contributed by atoms with E-state index in [1.807, 2.05) is 6.07 Å². The zero-order valence-electron chi connectivity index (χ0n) is 14.8. The Morgan fingerprint density at radius 1 is 1.26 bits per heavy atom. The number of amides is 1. The molecule has 0 atom stereocenters. The van der Waals surface area contributed by atoms with E-state index < -0.39 is 11.7 Å². The Balaban J connectivity index is 0.00000210. The van der Waals surface area contributed by atoms with Crippen molar-refractivity contribution in [2.75, 3.05) is 36.4 Å². The maximum atomic E-state index is 14.1. The number of anilines is 2. The first-order valence-electron chi connectivity index (χ1n) is 8.48. The van der Waals surface area contributed by atoms with Crippen molar-refractivity contribution in [2.45, 2.75) is 6.92 Å². The molecule has 4 rings (SSSR count). The minimum Gasteiger partial charge on any atom is -0.354 e. The Labute approximate surface area is 162 Å². The van der Waals surface area contributed by atoms with Gasteiger partial charge < -0.3 is 19.9 Å². The molecule has 1 fully saturated rings. The second kappa shape index (κ2) is 7.89. The lowest BCUT2D eigenvalue weighted by Crippen LogP contribution is -2.43. The van der Waals surface area contributed by atoms with Crippen LogP contribution in [0.15, 0.2) is 36.8 Å². The van der Waals surface area contributed by atoms with Crippen LogP contribution in [0.2, 0.25) is 0 Å². The van der Waals surface area contributed by atoms with Gasteiger partial charge in [-0.3, -0.25) is 4.79 Å². The van der Waals surface area contributed by atoms with E-state index in [1.54, 1.807) is 31.6 Å². The number of imidazole rings is 1. The zero-order chi connectivity index (χ0) is 18.1. The van der Waals surface area contributed by atoms with Crippen LogP contribution in [0.5, 0.6) is 0 Å². The molecular weight excluding hydrogens is 371 g/mol. The van der Waals surface area contributed by atoms with Gasteiger partial charge in [0.05, 0.1) is 23.1 Å². The van der Waals surface area contributed by atoms with Gasteiger partial charge in [-0.2, -0.15) is 0 Å². The van der Waals surface area contributed by atoms with E-state index in [0.29, 0.717) is 11.4 Å². The summed E-state index contributed by atoms with van der Waals surface area (Å²) in [5, 5.41) is 6.05. The van der Waals surface area contributed by atoms with Crippen LogP contribution in [0.1, 0.15) is 16.1 Å². The van der Waals surface area contributed by atoms with Crippen LogP contribution in [-0.4, -0.2) is 46.5 Å². The molecule has 1 aliphatic rings. The number of nitrogens with zero attached hydrogens (tertiary/aromatic N) is 4. The van der Waals surface area contributed by atoms with E-state index in [1.165, 1.54) is 10.5 Å². The summed E-state index contributed by atoms with van der Waals surface area (Å²) >= 11 is 0. The van der Waals surface area contributed by atoms with E-state index in [9.17, 15) is 9.18 Å². The summed E-state index contributed by atoms with van der Waals surface area (Å²) < 4.78 is 15.7. The second-order valence-electron chi connectivity index (χ2n) is 6.29. The SMILES string of the molecule is Cc1cn2cc(C(=O)Nc3ccc(N4CCNCC4)nc3)cc(F)c2n1.Cl. The molecule has 27 heavy (non-hydrogen) atoms. The van der Waals surface area contributed by atoms with Crippen molar-refractivity contribution in [3.63, 3.8) is 0 Å². The Bertz CT molecular complexity index is 952. The quantitative estimate of drug-likeness (QED) is 0.717. The molecule has 0 saturated carbocycles. The number of pyridine rings is 2. The molecule has 3 aromatic heterocycles. The van der Waals surface area contributed by atoms with E-state index in [-0.39, 0.29) is 23.6 Å². The van der Waals surface area contributed by atoms with Gasteiger partial charge in [0.25, 0.3) is 5.91 Å². The highest BCUT2D eigenvalue weighted by molar-refractivity contribution is 6.04. The fraction of sp³-hybridized carbons (Fsp3) is 0.278. The lowest BCUT2D eigenvalue weighted by atomic mass is 10.2. The number of piperazine rings is 1. The van der Waals surface area contributed by atoms with E-state index in [0.717, 1.165) is 32.0 Å². The third-order valence-electron chi connectivity index (χ3n) is 4.34. The van der Waals surface area contributed by atoms with Gasteiger partial charge in [-0.15, -0.1) is 12.4 Å². The minimum absolute atomic E-state index is 0. The van der Waals surface area contributed by atoms with Crippen molar-refractivity contribution >= 4 is 35.5 Å². The van der Waals surface area contributed by atoms with E-state index in [4.69, 9.17) is 0 Å². The van der Waals surface area contributed by atoms with Gasteiger partial charge >= 0.3 is 0 Å². The molecule has 0 radical (unpaired) electrons. The van der Waals surface area contributed by atoms with Gasteiger partial charge in [0.2, 0.25) is 0 Å². The summed E-state index contributed by atoms with van der Waals surface area (Å²) in [6, 6.07) is 4.88. The van der Waals surface area contributed by atoms with Crippen LogP contribution in [0, 0.1) is 12.7 Å². The first kappa shape index (κ1) is 19.1. The monoisotopic (exact) mass is 390 g/mol. The molecule has 2 N–H and O–H groups in total. The van der Waals surface area contributed by atoms with Gasteiger partial charge in [0.1, 0.15) is 5.82 Å². The largest absolute Gasteiger partial charge is 0.354 e. The number of carbonyl (C=O) groups excluding carboxylic acids is 1. The lowest BCUT2D eigenvalue weighted by Gasteiger charge is -2.28. The number of aromatic nitrogens is 3. The van der Waals surface area contributed by atoms with Crippen LogP contribution in [0.3, 0.4) is 0 Å². The van der Waals surface area contributed by atoms with Gasteiger partial charge in [0.15, 0.2) is 11.5 Å². The summed E-state index contributed by atoms with van der Waals surface area (Å²) in [5.41, 5.74) is 1.69. The number of nitrogens with one attached hydrogen (secondary N) is 2. The number of hydrogen-bond donors (Lipinski definition) is 2. The van der Waals surface area contributed by atoms with Crippen LogP contribution in [-0.2, 0) is 0 Å². The zero-order valence-corrected chi connectivity index (χ0v) is 15.6. The van der Waals surface area contributed by atoms with E-state index >= 15 is 0 Å². The van der Waals surface area contributed by atoms with Gasteiger partial charge in [-0.25, -0.2) is 14.4 Å². The summed E-state index contributed by atoms with van der Waals surface area (Å²) in [7, 11) is 0. The highest BCUT2D eigenvalue weighted by atomic mass is 35.5. The summed E-state index contributed by atoms with van der Waals surface area (Å²) in [5.74, 6) is -0.0438. The minimum atomic E-state index is -0.530. The van der Waals surface area contributed by atoms with Gasteiger partial charge in [-0.1, -0.05) is 0 Å². The summed E-state index contributed by atoms with van der Waals surface area (Å²) in [4.78, 5) is 23.1. The van der Waals surface area contributed by atoms with Crippen LogP contribution in [0.25, 0.3) is 5.65 Å². The van der Waals surface area contributed by atoms with Crippen molar-refractivity contribution in [3.05, 3.63) is 53.9 Å². The van der Waals surface area contributed by atoms with Gasteiger partial charge in [0, 0.05) is 38.6 Å². The third-order valence-corrected chi connectivity index (χ3v) is 4.34. The number of carbonyl (C=O) groups is 1. The molecule has 7 nitrogen and oxygen atoms in total. The highest BCUT2D eigenvalue weighted by Crippen LogP contribution is 2.17. The fourth-order valence-electron chi connectivity index (χ4n) is 3.05. The van der Waals surface area contributed by atoms with E-state index in [2.05, 4.69) is 25.5 Å². The molecule has 0 bridgehead atoms. The van der Waals surface area contributed by atoms with Crippen LogP contribution >= 0.6 is 12.4 Å². The molecule has 0 unspecified atom stereocenters. The Kier molecular flexibility index (Phi) is 5.57. The smallest absolute Gasteiger partial charge is 0.257 e. The van der Waals surface area contributed by atoms with Gasteiger partial charge in [-0.05, 0) is 25.1 Å². The normalized spacial score (nSPS) is 14.1. The average Bonchev–Trinajstić information content (AvgIpc) is 3.04. The molecule has 3 aromatic rings. The number of aryl methyl sites for hydroxylation is 1. The molecular formula is C18H20ClFN6O. The lowest BCUT2D eigenvalue weighted by molar-refractivity contribution is 0.102. The molecule has 0 aliphatic carbocycles. The molecule has 142 valence electrons. The predicted octanol–water partition coefficient (Wildman–Crippen LogP) is 2.26. The molecule has 4 heterocycles. The first-order chi connectivity index (χ1) is 12.6. The molecule has 0 spiro atoms. The highest BCUT2D eigenvalue weighted by Gasteiger charge is 2.14. The molecule has 0 aromatic carbocycles. The number of hydrogen-bond acceptors (Lipinski definition) is 5. The average molecular weight is 391 g/mol. The Morgan fingerprint density at radius 2 is 2.04 bits per heavy atom. The fourth-order valence-corrected chi connectivity index (χ4v) is 3.05. The third kappa shape index (κ3) is 4.01. The van der Waals surface area contributed by atoms with Crippen LogP contribution in [0.4, 0.5) is 15.9 Å². The number of halogens is 2. The molecule has 1 saturated heterocycles. The Hall–Kier alpha value is -2.71. The van der Waals surface area contributed by atoms with Crippen molar-refractivity contribution in [2.24, 2.45) is 0 Å². The predicted molar refractivity (Wildman–Crippen MR) is 104 cm³/mol. The molecule has 1 aliphatic heterocycles. The topological polar surface area (TPSA) is 74.6 Å². The standard InChI is InChI=1S/C18H19FN6O.ClH/c1-12-10-25-11-13(8-15(19)17(25)22-12)18(26)23-14-2-3-16(21-9-14)24-6-4-20-5-7-24;/h2-3,8-11,20H,4-7H2,1H3,(H,23,26);1H. The Morgan fingerprint density at radius 3 is 2.74 bits per heavy atom. The van der Waals surface area contributed by atoms with Crippen LogP contribution < -0.4 is 15.5 Å².